The second kappa shape index (κ2) is 6.77. The van der Waals surface area contributed by atoms with Crippen LogP contribution in [0, 0.1) is 0 Å². The molecule has 2 fully saturated rings. The lowest BCUT2D eigenvalue weighted by molar-refractivity contribution is 0.0233. The van der Waals surface area contributed by atoms with Crippen molar-refractivity contribution in [3.63, 3.8) is 0 Å². The van der Waals surface area contributed by atoms with Crippen molar-refractivity contribution in [3.8, 4) is 5.75 Å². The van der Waals surface area contributed by atoms with Crippen LogP contribution in [-0.4, -0.2) is 60.8 Å². The van der Waals surface area contributed by atoms with Crippen molar-refractivity contribution in [2.45, 2.75) is 31.4 Å². The molecular weight excluding hydrogens is 264 g/mol. The van der Waals surface area contributed by atoms with Gasteiger partial charge in [0.25, 0.3) is 0 Å². The zero-order valence-corrected chi connectivity index (χ0v) is 12.9. The Morgan fingerprint density at radius 2 is 2.19 bits per heavy atom. The van der Waals surface area contributed by atoms with Crippen LogP contribution in [0.5, 0.6) is 5.75 Å². The molecule has 4 nitrogen and oxygen atoms in total. The van der Waals surface area contributed by atoms with E-state index in [1.165, 1.54) is 25.8 Å². The van der Waals surface area contributed by atoms with Gasteiger partial charge in [0, 0.05) is 32.2 Å². The highest BCUT2D eigenvalue weighted by Crippen LogP contribution is 2.24. The predicted molar refractivity (Wildman–Crippen MR) is 83.6 cm³/mol. The van der Waals surface area contributed by atoms with Gasteiger partial charge >= 0.3 is 0 Å². The van der Waals surface area contributed by atoms with E-state index in [-0.39, 0.29) is 0 Å². The molecule has 116 valence electrons. The van der Waals surface area contributed by atoms with Crippen LogP contribution in [-0.2, 0) is 0 Å². The first-order valence-corrected chi connectivity index (χ1v) is 8.04. The summed E-state index contributed by atoms with van der Waals surface area (Å²) in [4.78, 5) is 5.04. The quantitative estimate of drug-likeness (QED) is 0.919. The van der Waals surface area contributed by atoms with Gasteiger partial charge in [0.1, 0.15) is 5.75 Å². The number of β-amino-alcohol motifs (C(OH)–C–C–N with tert-alkyl or cyclic N) is 1. The fourth-order valence-corrected chi connectivity index (χ4v) is 3.58. The first kappa shape index (κ1) is 14.8. The number of hydrogen-bond acceptors (Lipinski definition) is 4. The monoisotopic (exact) mass is 290 g/mol. The molecule has 0 radical (unpaired) electrons. The second-order valence-corrected chi connectivity index (χ2v) is 6.24. The molecule has 3 rings (SSSR count). The maximum absolute atomic E-state index is 10.5. The maximum atomic E-state index is 10.5. The molecule has 2 saturated heterocycles. The Balaban J connectivity index is 1.58. The minimum Gasteiger partial charge on any atom is -0.497 e. The van der Waals surface area contributed by atoms with Crippen molar-refractivity contribution >= 4 is 0 Å². The number of piperidine rings is 1. The fraction of sp³-hybridized carbons (Fsp3) is 0.647. The Morgan fingerprint density at radius 1 is 1.29 bits per heavy atom. The summed E-state index contributed by atoms with van der Waals surface area (Å²) in [5.41, 5.74) is 0.945. The molecule has 1 N–H and O–H groups in total. The van der Waals surface area contributed by atoms with Crippen LogP contribution >= 0.6 is 0 Å². The van der Waals surface area contributed by atoms with E-state index in [1.54, 1.807) is 7.11 Å². The topological polar surface area (TPSA) is 35.9 Å². The highest BCUT2D eigenvalue weighted by molar-refractivity contribution is 5.29. The Morgan fingerprint density at radius 3 is 3.05 bits per heavy atom. The van der Waals surface area contributed by atoms with Gasteiger partial charge in [0.15, 0.2) is 0 Å². The van der Waals surface area contributed by atoms with E-state index in [2.05, 4.69) is 9.80 Å². The van der Waals surface area contributed by atoms with Gasteiger partial charge in [-0.1, -0.05) is 18.6 Å². The Labute approximate surface area is 127 Å². The first-order valence-electron chi connectivity index (χ1n) is 8.04. The maximum Gasteiger partial charge on any atom is 0.119 e. The normalized spacial score (nSPS) is 25.3. The highest BCUT2D eigenvalue weighted by Gasteiger charge is 2.29. The Kier molecular flexibility index (Phi) is 4.78. The number of fused-ring (bicyclic) bond motifs is 1. The lowest BCUT2D eigenvalue weighted by Gasteiger charge is -2.44. The smallest absolute Gasteiger partial charge is 0.119 e. The van der Waals surface area contributed by atoms with E-state index in [4.69, 9.17) is 4.74 Å². The van der Waals surface area contributed by atoms with Gasteiger partial charge < -0.3 is 9.84 Å². The number of aliphatic hydroxyl groups is 1. The van der Waals surface area contributed by atoms with Gasteiger partial charge in [-0.05, 0) is 37.1 Å². The van der Waals surface area contributed by atoms with Crippen molar-refractivity contribution < 1.29 is 9.84 Å². The van der Waals surface area contributed by atoms with Crippen LogP contribution in [0.1, 0.15) is 30.9 Å². The summed E-state index contributed by atoms with van der Waals surface area (Å²) in [6.45, 7) is 5.29. The summed E-state index contributed by atoms with van der Waals surface area (Å²) in [6.07, 6.45) is 3.58. The van der Waals surface area contributed by atoms with E-state index < -0.39 is 6.10 Å². The van der Waals surface area contributed by atoms with Crippen molar-refractivity contribution in [3.05, 3.63) is 29.8 Å². The second-order valence-electron chi connectivity index (χ2n) is 6.24. The summed E-state index contributed by atoms with van der Waals surface area (Å²) in [5.74, 6) is 0.809. The number of hydrogen-bond donors (Lipinski definition) is 1. The molecule has 1 aromatic carbocycles. The molecular formula is C17H26N2O2. The van der Waals surface area contributed by atoms with Gasteiger partial charge in [-0.2, -0.15) is 0 Å². The molecule has 1 aromatic rings. The van der Waals surface area contributed by atoms with Gasteiger partial charge in [-0.3, -0.25) is 9.80 Å². The SMILES string of the molecule is COc1cccc(C(O)CN2CCN3CCCCC3C2)c1. The van der Waals surface area contributed by atoms with E-state index in [9.17, 15) is 5.11 Å². The molecule has 21 heavy (non-hydrogen) atoms. The minimum atomic E-state index is -0.435. The lowest BCUT2D eigenvalue weighted by atomic mass is 9.99. The van der Waals surface area contributed by atoms with Crippen molar-refractivity contribution in [2.24, 2.45) is 0 Å². The summed E-state index contributed by atoms with van der Waals surface area (Å²) >= 11 is 0. The summed E-state index contributed by atoms with van der Waals surface area (Å²) in [6, 6.07) is 8.46. The predicted octanol–water partition coefficient (Wildman–Crippen LogP) is 1.90. The number of nitrogens with zero attached hydrogens (tertiary/aromatic N) is 2. The molecule has 2 atom stereocenters. The fourth-order valence-electron chi connectivity index (χ4n) is 3.58. The van der Waals surface area contributed by atoms with E-state index in [1.807, 2.05) is 24.3 Å². The van der Waals surface area contributed by atoms with Crippen molar-refractivity contribution in [1.82, 2.24) is 9.80 Å². The highest BCUT2D eigenvalue weighted by atomic mass is 16.5. The Bertz CT molecular complexity index is 466. The number of ether oxygens (including phenoxy) is 1. The van der Waals surface area contributed by atoms with Crippen molar-refractivity contribution in [1.29, 1.82) is 0 Å². The van der Waals surface area contributed by atoms with Crippen LogP contribution in [0.3, 0.4) is 0 Å². The van der Waals surface area contributed by atoms with E-state index in [0.717, 1.165) is 37.5 Å². The molecule has 2 aliphatic heterocycles. The number of piperazine rings is 1. The summed E-state index contributed by atoms with van der Waals surface area (Å²) < 4.78 is 5.23. The van der Waals surface area contributed by atoms with Gasteiger partial charge in [-0.25, -0.2) is 0 Å². The zero-order valence-electron chi connectivity index (χ0n) is 12.9. The standard InChI is InChI=1S/C17H26N2O2/c1-21-16-7-4-5-14(11-16)17(20)13-18-9-10-19-8-3-2-6-15(19)12-18/h4-5,7,11,15,17,20H,2-3,6,8-10,12-13H2,1H3. The molecule has 0 spiro atoms. The number of methoxy groups -OCH3 is 1. The Hall–Kier alpha value is -1.10. The summed E-state index contributed by atoms with van der Waals surface area (Å²) in [5, 5.41) is 10.5. The van der Waals surface area contributed by atoms with Crippen LogP contribution < -0.4 is 4.74 Å². The third kappa shape index (κ3) is 3.57. The van der Waals surface area contributed by atoms with E-state index >= 15 is 0 Å². The number of rotatable bonds is 4. The van der Waals surface area contributed by atoms with Crippen LogP contribution in [0.25, 0.3) is 0 Å². The number of aliphatic hydroxyl groups excluding tert-OH is 1. The third-order valence-electron chi connectivity index (χ3n) is 4.83. The molecule has 0 amide bonds. The molecule has 0 aromatic heterocycles. The molecule has 0 aliphatic carbocycles. The van der Waals surface area contributed by atoms with E-state index in [0.29, 0.717) is 6.04 Å². The summed E-state index contributed by atoms with van der Waals surface area (Å²) in [7, 11) is 1.66. The molecule has 0 bridgehead atoms. The lowest BCUT2D eigenvalue weighted by Crippen LogP contribution is -2.55. The number of benzene rings is 1. The minimum absolute atomic E-state index is 0.435. The first-order chi connectivity index (χ1) is 10.3. The molecule has 2 aliphatic rings. The average molecular weight is 290 g/mol. The van der Waals surface area contributed by atoms with Crippen molar-refractivity contribution in [2.75, 3.05) is 39.8 Å². The largest absolute Gasteiger partial charge is 0.497 e. The molecule has 0 saturated carbocycles. The zero-order chi connectivity index (χ0) is 14.7. The van der Waals surface area contributed by atoms with Gasteiger partial charge in [-0.15, -0.1) is 0 Å². The molecule has 4 heteroatoms. The molecule has 2 unspecified atom stereocenters. The third-order valence-corrected chi connectivity index (χ3v) is 4.83. The van der Waals surface area contributed by atoms with Gasteiger partial charge in [0.2, 0.25) is 0 Å². The van der Waals surface area contributed by atoms with Crippen LogP contribution in [0.2, 0.25) is 0 Å². The van der Waals surface area contributed by atoms with Crippen LogP contribution in [0.4, 0.5) is 0 Å². The average Bonchev–Trinajstić information content (AvgIpc) is 2.54. The molecule has 2 heterocycles. The van der Waals surface area contributed by atoms with Gasteiger partial charge in [0.05, 0.1) is 13.2 Å². The van der Waals surface area contributed by atoms with Crippen LogP contribution in [0.15, 0.2) is 24.3 Å².